The molecule has 3 aromatic carbocycles. The summed E-state index contributed by atoms with van der Waals surface area (Å²) < 4.78 is 11.7. The predicted octanol–water partition coefficient (Wildman–Crippen LogP) is 5.25. The molecule has 0 saturated heterocycles. The fourth-order valence-electron chi connectivity index (χ4n) is 4.02. The Hall–Kier alpha value is -3.24. The zero-order valence-corrected chi connectivity index (χ0v) is 16.6. The molecule has 4 heteroatoms. The molecule has 4 nitrogen and oxygen atoms in total. The molecule has 0 aliphatic carbocycles. The third-order valence-electron chi connectivity index (χ3n) is 5.68. The van der Waals surface area contributed by atoms with Crippen molar-refractivity contribution in [3.8, 4) is 11.5 Å². The number of aryl methyl sites for hydroxylation is 1. The SMILES string of the molecule is CCc1ccc([C@@H]2Oc3ccccc3[C@H]3C=C(c4ccc(OC)cc4)NN32)cc1. The van der Waals surface area contributed by atoms with Gasteiger partial charge in [0.2, 0.25) is 0 Å². The minimum atomic E-state index is -0.201. The molecule has 2 atom stereocenters. The van der Waals surface area contributed by atoms with Crippen molar-refractivity contribution in [2.75, 3.05) is 7.11 Å². The average molecular weight is 384 g/mol. The summed E-state index contributed by atoms with van der Waals surface area (Å²) >= 11 is 0. The molecule has 0 bridgehead atoms. The highest BCUT2D eigenvalue weighted by atomic mass is 16.5. The van der Waals surface area contributed by atoms with E-state index in [2.05, 4.69) is 78.0 Å². The average Bonchev–Trinajstić information content (AvgIpc) is 3.24. The van der Waals surface area contributed by atoms with E-state index in [0.29, 0.717) is 0 Å². The number of hydrazine groups is 1. The first-order valence-corrected chi connectivity index (χ1v) is 10.0. The van der Waals surface area contributed by atoms with Gasteiger partial charge < -0.3 is 14.9 Å². The Morgan fingerprint density at radius 3 is 2.45 bits per heavy atom. The summed E-state index contributed by atoms with van der Waals surface area (Å²) in [5, 5.41) is 2.20. The molecule has 0 aromatic heterocycles. The van der Waals surface area contributed by atoms with E-state index in [1.54, 1.807) is 7.11 Å². The number of benzene rings is 3. The van der Waals surface area contributed by atoms with Gasteiger partial charge >= 0.3 is 0 Å². The minimum Gasteiger partial charge on any atom is -0.497 e. The summed E-state index contributed by atoms with van der Waals surface area (Å²) in [6, 6.07) is 25.2. The van der Waals surface area contributed by atoms with Crippen LogP contribution in [0.5, 0.6) is 11.5 Å². The van der Waals surface area contributed by atoms with Gasteiger partial charge in [-0.2, -0.15) is 5.01 Å². The summed E-state index contributed by atoms with van der Waals surface area (Å²) in [7, 11) is 1.69. The summed E-state index contributed by atoms with van der Waals surface area (Å²) in [6.45, 7) is 2.17. The molecule has 3 aromatic rings. The van der Waals surface area contributed by atoms with Gasteiger partial charge in [0, 0.05) is 11.1 Å². The highest BCUT2D eigenvalue weighted by Gasteiger charge is 2.39. The fourth-order valence-corrected chi connectivity index (χ4v) is 4.02. The van der Waals surface area contributed by atoms with Gasteiger partial charge in [-0.05, 0) is 54.0 Å². The van der Waals surface area contributed by atoms with Gasteiger partial charge in [0.1, 0.15) is 11.5 Å². The summed E-state index contributed by atoms with van der Waals surface area (Å²) in [6.07, 6.45) is 3.10. The smallest absolute Gasteiger partial charge is 0.195 e. The molecule has 0 fully saturated rings. The first-order chi connectivity index (χ1) is 14.3. The van der Waals surface area contributed by atoms with Crippen molar-refractivity contribution in [1.29, 1.82) is 0 Å². The molecule has 0 unspecified atom stereocenters. The second-order valence-corrected chi connectivity index (χ2v) is 7.38. The van der Waals surface area contributed by atoms with Crippen LogP contribution in [-0.4, -0.2) is 12.1 Å². The van der Waals surface area contributed by atoms with E-state index in [1.807, 2.05) is 18.2 Å². The molecule has 0 radical (unpaired) electrons. The zero-order valence-electron chi connectivity index (χ0n) is 16.6. The Balaban J connectivity index is 1.53. The molecule has 0 saturated carbocycles. The predicted molar refractivity (Wildman–Crippen MR) is 114 cm³/mol. The van der Waals surface area contributed by atoms with Crippen molar-refractivity contribution in [2.24, 2.45) is 0 Å². The molecule has 5 rings (SSSR count). The van der Waals surface area contributed by atoms with Crippen LogP contribution < -0.4 is 14.9 Å². The Morgan fingerprint density at radius 1 is 0.966 bits per heavy atom. The molecule has 2 heterocycles. The summed E-state index contributed by atoms with van der Waals surface area (Å²) in [4.78, 5) is 0. The largest absolute Gasteiger partial charge is 0.497 e. The van der Waals surface area contributed by atoms with Crippen molar-refractivity contribution < 1.29 is 9.47 Å². The number of para-hydroxylation sites is 1. The molecule has 2 aliphatic rings. The van der Waals surface area contributed by atoms with Gasteiger partial charge in [0.15, 0.2) is 6.23 Å². The van der Waals surface area contributed by atoms with E-state index in [0.717, 1.165) is 34.7 Å². The van der Waals surface area contributed by atoms with Crippen molar-refractivity contribution in [3.63, 3.8) is 0 Å². The van der Waals surface area contributed by atoms with Crippen LogP contribution in [0.3, 0.4) is 0 Å². The summed E-state index contributed by atoms with van der Waals surface area (Å²) in [5.41, 5.74) is 9.43. The number of methoxy groups -OCH3 is 1. The van der Waals surface area contributed by atoms with Crippen molar-refractivity contribution in [1.82, 2.24) is 10.4 Å². The van der Waals surface area contributed by atoms with E-state index in [9.17, 15) is 0 Å². The lowest BCUT2D eigenvalue weighted by Crippen LogP contribution is -2.43. The standard InChI is InChI=1S/C25H24N2O2/c1-3-17-8-10-19(11-9-17)25-27-23(21-6-4-5-7-24(21)29-25)16-22(26-27)18-12-14-20(28-2)15-13-18/h4-16,23,25-26H,3H2,1-2H3/t23-,25+/m1/s1. The lowest BCUT2D eigenvalue weighted by atomic mass is 10.0. The normalized spacial score (nSPS) is 20.1. The number of hydrogen-bond donors (Lipinski definition) is 1. The monoisotopic (exact) mass is 384 g/mol. The highest BCUT2D eigenvalue weighted by molar-refractivity contribution is 5.68. The Bertz CT molecular complexity index is 1040. The second kappa shape index (κ2) is 7.30. The third-order valence-corrected chi connectivity index (χ3v) is 5.68. The maximum absolute atomic E-state index is 6.44. The number of fused-ring (bicyclic) bond motifs is 3. The fraction of sp³-hybridized carbons (Fsp3) is 0.200. The topological polar surface area (TPSA) is 33.7 Å². The maximum Gasteiger partial charge on any atom is 0.195 e. The molecule has 0 amide bonds. The molecule has 2 aliphatic heterocycles. The van der Waals surface area contributed by atoms with Crippen LogP contribution in [0.25, 0.3) is 5.70 Å². The van der Waals surface area contributed by atoms with Gasteiger partial charge in [-0.15, -0.1) is 0 Å². The minimum absolute atomic E-state index is 0.105. The first-order valence-electron chi connectivity index (χ1n) is 10.0. The van der Waals surface area contributed by atoms with Gasteiger partial charge in [-0.1, -0.05) is 49.4 Å². The molecule has 29 heavy (non-hydrogen) atoms. The van der Waals surface area contributed by atoms with E-state index in [4.69, 9.17) is 9.47 Å². The Morgan fingerprint density at radius 2 is 1.72 bits per heavy atom. The van der Waals surface area contributed by atoms with Gasteiger partial charge in [0.25, 0.3) is 0 Å². The van der Waals surface area contributed by atoms with Crippen molar-refractivity contribution in [3.05, 3.63) is 101 Å². The number of nitrogens with one attached hydrogen (secondary N) is 1. The molecule has 1 N–H and O–H groups in total. The molecule has 0 spiro atoms. The lowest BCUT2D eigenvalue weighted by Gasteiger charge is -2.39. The second-order valence-electron chi connectivity index (χ2n) is 7.38. The van der Waals surface area contributed by atoms with Crippen LogP contribution in [0, 0.1) is 0 Å². The van der Waals surface area contributed by atoms with Crippen molar-refractivity contribution in [2.45, 2.75) is 25.6 Å². The Kier molecular flexibility index (Phi) is 4.49. The van der Waals surface area contributed by atoms with Gasteiger partial charge in [0.05, 0.1) is 18.8 Å². The van der Waals surface area contributed by atoms with Crippen LogP contribution in [0.2, 0.25) is 0 Å². The number of ether oxygens (including phenoxy) is 2. The number of rotatable bonds is 4. The van der Waals surface area contributed by atoms with E-state index in [1.165, 1.54) is 11.1 Å². The lowest BCUT2D eigenvalue weighted by molar-refractivity contribution is -0.0326. The first kappa shape index (κ1) is 17.8. The van der Waals surface area contributed by atoms with Crippen LogP contribution in [-0.2, 0) is 6.42 Å². The Labute approximate surface area is 171 Å². The molecular weight excluding hydrogens is 360 g/mol. The van der Waals surface area contributed by atoms with E-state index in [-0.39, 0.29) is 12.3 Å². The van der Waals surface area contributed by atoms with Gasteiger partial charge in [-0.25, -0.2) is 0 Å². The van der Waals surface area contributed by atoms with Crippen LogP contribution >= 0.6 is 0 Å². The van der Waals surface area contributed by atoms with E-state index >= 15 is 0 Å². The van der Waals surface area contributed by atoms with Crippen LogP contribution in [0.4, 0.5) is 0 Å². The quantitative estimate of drug-likeness (QED) is 0.666. The zero-order chi connectivity index (χ0) is 19.8. The highest BCUT2D eigenvalue weighted by Crippen LogP contribution is 2.45. The van der Waals surface area contributed by atoms with Gasteiger partial charge in [-0.3, -0.25) is 0 Å². The molecular formula is C25H24N2O2. The number of nitrogens with zero attached hydrogens (tertiary/aromatic N) is 1. The molecule has 146 valence electrons. The van der Waals surface area contributed by atoms with E-state index < -0.39 is 0 Å². The van der Waals surface area contributed by atoms with Crippen LogP contribution in [0.15, 0.2) is 78.9 Å². The third kappa shape index (κ3) is 3.15. The van der Waals surface area contributed by atoms with Crippen molar-refractivity contribution >= 4 is 5.70 Å². The van der Waals surface area contributed by atoms with Crippen LogP contribution in [0.1, 0.15) is 41.4 Å². The number of hydrogen-bond acceptors (Lipinski definition) is 4. The summed E-state index contributed by atoms with van der Waals surface area (Å²) in [5.74, 6) is 1.79. The maximum atomic E-state index is 6.44.